The van der Waals surface area contributed by atoms with Gasteiger partial charge in [0.05, 0.1) is 29.5 Å². The Kier molecular flexibility index (Phi) is 4.83. The van der Waals surface area contributed by atoms with Crippen molar-refractivity contribution in [1.82, 2.24) is 20.1 Å². The third-order valence-corrected chi connectivity index (χ3v) is 3.73. The summed E-state index contributed by atoms with van der Waals surface area (Å²) in [7, 11) is 0. The summed E-state index contributed by atoms with van der Waals surface area (Å²) in [4.78, 5) is 16.3. The van der Waals surface area contributed by atoms with Crippen LogP contribution in [-0.4, -0.2) is 20.7 Å². The number of halogens is 1. The van der Waals surface area contributed by atoms with E-state index in [9.17, 15) is 4.79 Å². The summed E-state index contributed by atoms with van der Waals surface area (Å²) in [5.74, 6) is -0.107. The molecule has 0 aliphatic rings. The Balaban J connectivity index is 1.59. The van der Waals surface area contributed by atoms with Crippen molar-refractivity contribution in [2.45, 2.75) is 13.1 Å². The largest absolute Gasteiger partial charge is 0.346 e. The molecule has 0 unspecified atom stereocenters. The number of rotatable bonds is 5. The third-order valence-electron chi connectivity index (χ3n) is 3.32. The first-order valence-electron chi connectivity index (χ1n) is 7.16. The maximum absolute atomic E-state index is 12.1. The topological polar surface area (TPSA) is 59.8 Å². The molecule has 2 aromatic heterocycles. The van der Waals surface area contributed by atoms with Gasteiger partial charge in [-0.05, 0) is 45.8 Å². The first kappa shape index (κ1) is 15.4. The number of nitrogens with zero attached hydrogens (tertiary/aromatic N) is 3. The van der Waals surface area contributed by atoms with Crippen LogP contribution in [0.2, 0.25) is 0 Å². The Bertz CT molecular complexity index is 784. The van der Waals surface area contributed by atoms with Gasteiger partial charge in [0.2, 0.25) is 0 Å². The van der Waals surface area contributed by atoms with Gasteiger partial charge in [0.15, 0.2) is 0 Å². The molecule has 5 nitrogen and oxygen atoms in total. The summed E-state index contributed by atoms with van der Waals surface area (Å²) in [5, 5.41) is 7.08. The van der Waals surface area contributed by atoms with E-state index in [-0.39, 0.29) is 5.91 Å². The van der Waals surface area contributed by atoms with Crippen LogP contribution >= 0.6 is 15.9 Å². The Morgan fingerprint density at radius 3 is 2.65 bits per heavy atom. The Hall–Kier alpha value is -2.47. The van der Waals surface area contributed by atoms with Crippen molar-refractivity contribution in [3.8, 4) is 0 Å². The van der Waals surface area contributed by atoms with Gasteiger partial charge in [0.1, 0.15) is 0 Å². The number of hydrogen-bond donors (Lipinski definition) is 1. The SMILES string of the molecule is O=C(NCc1ccccn1)c1ccc(Cn2cc(Br)cn2)cc1. The predicted molar refractivity (Wildman–Crippen MR) is 90.9 cm³/mol. The van der Waals surface area contributed by atoms with Gasteiger partial charge in [-0.2, -0.15) is 5.10 Å². The van der Waals surface area contributed by atoms with Gasteiger partial charge in [0, 0.05) is 18.0 Å². The normalized spacial score (nSPS) is 10.5. The van der Waals surface area contributed by atoms with E-state index in [1.54, 1.807) is 12.4 Å². The Morgan fingerprint density at radius 1 is 1.17 bits per heavy atom. The van der Waals surface area contributed by atoms with Gasteiger partial charge in [0.25, 0.3) is 5.91 Å². The lowest BCUT2D eigenvalue weighted by molar-refractivity contribution is 0.0950. The molecule has 3 rings (SSSR count). The zero-order chi connectivity index (χ0) is 16.1. The molecule has 23 heavy (non-hydrogen) atoms. The van der Waals surface area contributed by atoms with Gasteiger partial charge >= 0.3 is 0 Å². The maximum Gasteiger partial charge on any atom is 0.251 e. The Morgan fingerprint density at radius 2 is 2.00 bits per heavy atom. The first-order chi connectivity index (χ1) is 11.2. The van der Waals surface area contributed by atoms with E-state index >= 15 is 0 Å². The minimum absolute atomic E-state index is 0.107. The van der Waals surface area contributed by atoms with Crippen molar-refractivity contribution in [1.29, 1.82) is 0 Å². The zero-order valence-electron chi connectivity index (χ0n) is 12.3. The van der Waals surface area contributed by atoms with Crippen LogP contribution in [0, 0.1) is 0 Å². The summed E-state index contributed by atoms with van der Waals surface area (Å²) in [6, 6.07) is 13.1. The van der Waals surface area contributed by atoms with Crippen LogP contribution in [0.5, 0.6) is 0 Å². The van der Waals surface area contributed by atoms with Crippen molar-refractivity contribution in [3.05, 3.63) is 82.3 Å². The number of carbonyl (C=O) groups is 1. The molecule has 0 radical (unpaired) electrons. The molecule has 0 spiro atoms. The lowest BCUT2D eigenvalue weighted by atomic mass is 10.1. The molecule has 3 aromatic rings. The summed E-state index contributed by atoms with van der Waals surface area (Å²) in [5.41, 5.74) is 2.55. The smallest absolute Gasteiger partial charge is 0.251 e. The molecule has 2 heterocycles. The predicted octanol–water partition coefficient (Wildman–Crippen LogP) is 3.02. The molecule has 0 fully saturated rings. The fraction of sp³-hybridized carbons (Fsp3) is 0.118. The quantitative estimate of drug-likeness (QED) is 0.750. The minimum Gasteiger partial charge on any atom is -0.346 e. The number of hydrogen-bond acceptors (Lipinski definition) is 3. The van der Waals surface area contributed by atoms with E-state index in [0.717, 1.165) is 15.7 Å². The van der Waals surface area contributed by atoms with Gasteiger partial charge in [-0.1, -0.05) is 18.2 Å². The number of benzene rings is 1. The molecule has 0 aliphatic carbocycles. The zero-order valence-corrected chi connectivity index (χ0v) is 13.9. The maximum atomic E-state index is 12.1. The average molecular weight is 371 g/mol. The molecule has 6 heteroatoms. The van der Waals surface area contributed by atoms with Crippen molar-refractivity contribution in [2.24, 2.45) is 0 Å². The van der Waals surface area contributed by atoms with E-state index in [1.807, 2.05) is 53.3 Å². The van der Waals surface area contributed by atoms with Crippen molar-refractivity contribution in [3.63, 3.8) is 0 Å². The minimum atomic E-state index is -0.107. The van der Waals surface area contributed by atoms with E-state index in [0.29, 0.717) is 18.7 Å². The van der Waals surface area contributed by atoms with Crippen LogP contribution in [0.3, 0.4) is 0 Å². The van der Waals surface area contributed by atoms with Crippen LogP contribution in [0.4, 0.5) is 0 Å². The molecule has 1 aromatic carbocycles. The lowest BCUT2D eigenvalue weighted by Gasteiger charge is -2.06. The molecular weight excluding hydrogens is 356 g/mol. The molecule has 0 atom stereocenters. The summed E-state index contributed by atoms with van der Waals surface area (Å²) in [6.07, 6.45) is 5.37. The number of pyridine rings is 1. The van der Waals surface area contributed by atoms with E-state index in [1.165, 1.54) is 0 Å². The highest BCUT2D eigenvalue weighted by Crippen LogP contribution is 2.10. The Labute approximate surface area is 142 Å². The van der Waals surface area contributed by atoms with E-state index < -0.39 is 0 Å². The fourth-order valence-electron chi connectivity index (χ4n) is 2.15. The highest BCUT2D eigenvalue weighted by Gasteiger charge is 2.06. The number of carbonyl (C=O) groups excluding carboxylic acids is 1. The van der Waals surface area contributed by atoms with Gasteiger partial charge in [-0.3, -0.25) is 14.5 Å². The molecule has 0 saturated carbocycles. The molecule has 1 N–H and O–H groups in total. The fourth-order valence-corrected chi connectivity index (χ4v) is 2.48. The van der Waals surface area contributed by atoms with Crippen molar-refractivity contribution < 1.29 is 4.79 Å². The molecule has 1 amide bonds. The molecule has 0 bridgehead atoms. The summed E-state index contributed by atoms with van der Waals surface area (Å²) < 4.78 is 2.78. The van der Waals surface area contributed by atoms with Crippen molar-refractivity contribution in [2.75, 3.05) is 0 Å². The number of aromatic nitrogens is 3. The van der Waals surface area contributed by atoms with Crippen LogP contribution < -0.4 is 5.32 Å². The van der Waals surface area contributed by atoms with Crippen LogP contribution in [0.25, 0.3) is 0 Å². The van der Waals surface area contributed by atoms with Crippen molar-refractivity contribution >= 4 is 21.8 Å². The van der Waals surface area contributed by atoms with E-state index in [4.69, 9.17) is 0 Å². The van der Waals surface area contributed by atoms with Crippen LogP contribution in [-0.2, 0) is 13.1 Å². The molecule has 0 saturated heterocycles. The second-order valence-corrected chi connectivity index (χ2v) is 5.97. The third kappa shape index (κ3) is 4.26. The summed E-state index contributed by atoms with van der Waals surface area (Å²) >= 11 is 3.37. The standard InChI is InChI=1S/C17H15BrN4O/c18-15-9-21-22(12-15)11-13-4-6-14(7-5-13)17(23)20-10-16-3-1-2-8-19-16/h1-9,12H,10-11H2,(H,20,23). The molecule has 0 aliphatic heterocycles. The number of nitrogens with one attached hydrogen (secondary N) is 1. The van der Waals surface area contributed by atoms with Crippen LogP contribution in [0.15, 0.2) is 65.5 Å². The second kappa shape index (κ2) is 7.19. The average Bonchev–Trinajstić information content (AvgIpc) is 2.99. The second-order valence-electron chi connectivity index (χ2n) is 5.06. The lowest BCUT2D eigenvalue weighted by Crippen LogP contribution is -2.23. The highest BCUT2D eigenvalue weighted by molar-refractivity contribution is 9.10. The van der Waals surface area contributed by atoms with Crippen LogP contribution in [0.1, 0.15) is 21.6 Å². The number of amides is 1. The van der Waals surface area contributed by atoms with Gasteiger partial charge in [-0.15, -0.1) is 0 Å². The highest BCUT2D eigenvalue weighted by atomic mass is 79.9. The molecule has 116 valence electrons. The van der Waals surface area contributed by atoms with Gasteiger partial charge < -0.3 is 5.32 Å². The van der Waals surface area contributed by atoms with Gasteiger partial charge in [-0.25, -0.2) is 0 Å². The monoisotopic (exact) mass is 370 g/mol. The first-order valence-corrected chi connectivity index (χ1v) is 7.95. The molecular formula is C17H15BrN4O. The summed E-state index contributed by atoms with van der Waals surface area (Å²) in [6.45, 7) is 1.09. The van der Waals surface area contributed by atoms with E-state index in [2.05, 4.69) is 31.3 Å².